The molecule has 4 rings (SSSR count). The van der Waals surface area contributed by atoms with Gasteiger partial charge in [-0.2, -0.15) is 0 Å². The zero-order valence-corrected chi connectivity index (χ0v) is 15.6. The minimum atomic E-state index is -0.160. The molecule has 2 aromatic heterocycles. The van der Waals surface area contributed by atoms with Crippen LogP contribution in [0.5, 0.6) is 0 Å². The van der Waals surface area contributed by atoms with Gasteiger partial charge in [-0.3, -0.25) is 4.79 Å². The number of amides is 1. The molecule has 0 saturated carbocycles. The van der Waals surface area contributed by atoms with Gasteiger partial charge in [-0.15, -0.1) is 11.3 Å². The van der Waals surface area contributed by atoms with Gasteiger partial charge in [-0.1, -0.05) is 5.16 Å². The molecule has 2 aliphatic rings. The zero-order valence-electron chi connectivity index (χ0n) is 14.8. The van der Waals surface area contributed by atoms with E-state index < -0.39 is 0 Å². The third kappa shape index (κ3) is 2.25. The number of piperidine rings is 1. The number of aromatic nitrogens is 1. The fraction of sp³-hybridized carbons (Fsp3) is 0.579. The number of hydrogen-bond donors (Lipinski definition) is 0. The summed E-state index contributed by atoms with van der Waals surface area (Å²) in [7, 11) is 0. The number of nitrogens with zero attached hydrogens (tertiary/aromatic N) is 2. The van der Waals surface area contributed by atoms with Crippen molar-refractivity contribution in [2.45, 2.75) is 70.9 Å². The van der Waals surface area contributed by atoms with Crippen molar-refractivity contribution in [3.05, 3.63) is 27.6 Å². The molecule has 128 valence electrons. The monoisotopic (exact) mass is 344 g/mol. The average molecular weight is 344 g/mol. The van der Waals surface area contributed by atoms with E-state index in [1.807, 2.05) is 4.90 Å². The third-order valence-electron chi connectivity index (χ3n) is 5.57. The second-order valence-corrected chi connectivity index (χ2v) is 9.22. The second-order valence-electron chi connectivity index (χ2n) is 8.22. The maximum Gasteiger partial charge on any atom is 0.277 e. The second kappa shape index (κ2) is 5.19. The maximum absolute atomic E-state index is 13.4. The molecule has 1 aliphatic heterocycles. The molecule has 1 aliphatic carbocycles. The lowest BCUT2D eigenvalue weighted by Crippen LogP contribution is -2.61. The quantitative estimate of drug-likeness (QED) is 0.754. The summed E-state index contributed by atoms with van der Waals surface area (Å²) in [5.41, 5.74) is 2.30. The number of carbonyl (C=O) groups is 1. The Morgan fingerprint density at radius 3 is 2.62 bits per heavy atom. The fourth-order valence-corrected chi connectivity index (χ4v) is 5.42. The van der Waals surface area contributed by atoms with E-state index in [-0.39, 0.29) is 17.0 Å². The minimum absolute atomic E-state index is 0.0216. The molecule has 0 aromatic carbocycles. The van der Waals surface area contributed by atoms with E-state index in [1.165, 1.54) is 4.88 Å². The van der Waals surface area contributed by atoms with Gasteiger partial charge in [0.05, 0.1) is 0 Å². The van der Waals surface area contributed by atoms with Gasteiger partial charge < -0.3 is 9.42 Å². The molecule has 2 aromatic rings. The number of aryl methyl sites for hydroxylation is 1. The molecular formula is C19H24N2O2S. The van der Waals surface area contributed by atoms with Crippen molar-refractivity contribution in [2.75, 3.05) is 0 Å². The third-order valence-corrected chi connectivity index (χ3v) is 6.55. The van der Waals surface area contributed by atoms with E-state index in [0.29, 0.717) is 5.69 Å². The van der Waals surface area contributed by atoms with Crippen LogP contribution in [0.15, 0.2) is 16.0 Å². The zero-order chi connectivity index (χ0) is 17.1. The first kappa shape index (κ1) is 15.9. The summed E-state index contributed by atoms with van der Waals surface area (Å²) < 4.78 is 5.63. The molecule has 0 bridgehead atoms. The van der Waals surface area contributed by atoms with Crippen LogP contribution in [-0.4, -0.2) is 27.0 Å². The lowest BCUT2D eigenvalue weighted by atomic mass is 9.79. The summed E-state index contributed by atoms with van der Waals surface area (Å²) in [5.74, 6) is 0.821. The predicted octanol–water partition coefficient (Wildman–Crippen LogP) is 4.69. The van der Waals surface area contributed by atoms with Crippen LogP contribution in [0.1, 0.15) is 67.9 Å². The molecular weight excluding hydrogens is 320 g/mol. The molecule has 0 N–H and O–H groups in total. The molecule has 24 heavy (non-hydrogen) atoms. The van der Waals surface area contributed by atoms with Crippen LogP contribution in [0.2, 0.25) is 0 Å². The van der Waals surface area contributed by atoms with Gasteiger partial charge >= 0.3 is 0 Å². The van der Waals surface area contributed by atoms with Gasteiger partial charge in [-0.25, -0.2) is 0 Å². The Hall–Kier alpha value is -1.62. The van der Waals surface area contributed by atoms with Crippen LogP contribution in [0, 0.1) is 0 Å². The summed E-state index contributed by atoms with van der Waals surface area (Å²) in [6, 6.07) is 2.08. The first-order valence-corrected chi connectivity index (χ1v) is 9.59. The highest BCUT2D eigenvalue weighted by Crippen LogP contribution is 2.42. The van der Waals surface area contributed by atoms with Crippen LogP contribution >= 0.6 is 11.3 Å². The molecule has 0 atom stereocenters. The van der Waals surface area contributed by atoms with Crippen molar-refractivity contribution in [3.63, 3.8) is 0 Å². The number of rotatable bonds is 1. The molecule has 5 heteroatoms. The highest BCUT2D eigenvalue weighted by atomic mass is 32.1. The van der Waals surface area contributed by atoms with Crippen LogP contribution < -0.4 is 0 Å². The van der Waals surface area contributed by atoms with E-state index in [4.69, 9.17) is 4.52 Å². The number of thiophene rings is 1. The van der Waals surface area contributed by atoms with Gasteiger partial charge in [0.1, 0.15) is 0 Å². The first-order chi connectivity index (χ1) is 11.3. The summed E-state index contributed by atoms with van der Waals surface area (Å²) >= 11 is 1.75. The summed E-state index contributed by atoms with van der Waals surface area (Å²) in [6.07, 6.45) is 5.00. The first-order valence-electron chi connectivity index (χ1n) is 8.71. The average Bonchev–Trinajstić information content (AvgIpc) is 3.10. The highest BCUT2D eigenvalue weighted by Gasteiger charge is 2.46. The van der Waals surface area contributed by atoms with Gasteiger partial charge in [0.2, 0.25) is 0 Å². The normalized spacial score (nSPS) is 21.2. The van der Waals surface area contributed by atoms with Crippen molar-refractivity contribution < 1.29 is 9.32 Å². The molecule has 1 saturated heterocycles. The number of likely N-dealkylation sites (tertiary alicyclic amines) is 1. The molecule has 0 spiro atoms. The Morgan fingerprint density at radius 2 is 1.92 bits per heavy atom. The molecule has 3 heterocycles. The fourth-order valence-electron chi connectivity index (χ4n) is 4.55. The Morgan fingerprint density at radius 1 is 1.21 bits per heavy atom. The van der Waals surface area contributed by atoms with Crippen molar-refractivity contribution in [1.29, 1.82) is 0 Å². The highest BCUT2D eigenvalue weighted by molar-refractivity contribution is 7.10. The van der Waals surface area contributed by atoms with E-state index in [9.17, 15) is 4.79 Å². The largest absolute Gasteiger partial charge is 0.355 e. The summed E-state index contributed by atoms with van der Waals surface area (Å²) in [4.78, 5) is 16.8. The summed E-state index contributed by atoms with van der Waals surface area (Å²) in [6.45, 7) is 8.65. The standard InChI is InChI=1S/C19H24N2O2S/c1-18(2)9-5-10-19(3,4)21(18)17(22)15-13-6-7-14-12(8-11-24-14)16(13)23-20-15/h8,11H,5-7,9-10H2,1-4H3. The smallest absolute Gasteiger partial charge is 0.277 e. The van der Waals surface area contributed by atoms with E-state index >= 15 is 0 Å². The predicted molar refractivity (Wildman–Crippen MR) is 95.4 cm³/mol. The molecule has 0 unspecified atom stereocenters. The lowest BCUT2D eigenvalue weighted by molar-refractivity contribution is -0.0119. The van der Waals surface area contributed by atoms with E-state index in [2.05, 4.69) is 44.3 Å². The van der Waals surface area contributed by atoms with Gasteiger partial charge in [0.25, 0.3) is 5.91 Å². The van der Waals surface area contributed by atoms with Crippen molar-refractivity contribution in [2.24, 2.45) is 0 Å². The Balaban J connectivity index is 1.77. The van der Waals surface area contributed by atoms with Crippen LogP contribution in [0.4, 0.5) is 0 Å². The van der Waals surface area contributed by atoms with Crippen molar-refractivity contribution in [3.8, 4) is 11.3 Å². The topological polar surface area (TPSA) is 46.3 Å². The van der Waals surface area contributed by atoms with E-state index in [1.54, 1.807) is 11.3 Å². The van der Waals surface area contributed by atoms with Gasteiger partial charge in [0.15, 0.2) is 11.5 Å². The molecule has 1 fully saturated rings. The van der Waals surface area contributed by atoms with Crippen molar-refractivity contribution >= 4 is 17.2 Å². The van der Waals surface area contributed by atoms with Gasteiger partial charge in [0, 0.05) is 27.1 Å². The number of fused-ring (bicyclic) bond motifs is 3. The van der Waals surface area contributed by atoms with Gasteiger partial charge in [-0.05, 0) is 71.2 Å². The van der Waals surface area contributed by atoms with Crippen LogP contribution in [-0.2, 0) is 12.8 Å². The number of carbonyl (C=O) groups excluding carboxylic acids is 1. The van der Waals surface area contributed by atoms with Crippen molar-refractivity contribution in [1.82, 2.24) is 10.1 Å². The molecule has 0 radical (unpaired) electrons. The minimum Gasteiger partial charge on any atom is -0.355 e. The SMILES string of the molecule is CC1(C)CCCC(C)(C)N1C(=O)c1noc2c1CCc1sccc1-2. The summed E-state index contributed by atoms with van der Waals surface area (Å²) in [5, 5.41) is 6.30. The Labute approximate surface area is 146 Å². The Bertz CT molecular complexity index is 784. The molecule has 4 nitrogen and oxygen atoms in total. The van der Waals surface area contributed by atoms with Crippen LogP contribution in [0.25, 0.3) is 11.3 Å². The lowest BCUT2D eigenvalue weighted by Gasteiger charge is -2.52. The van der Waals surface area contributed by atoms with Crippen LogP contribution in [0.3, 0.4) is 0 Å². The maximum atomic E-state index is 13.4. The number of hydrogen-bond acceptors (Lipinski definition) is 4. The Kier molecular flexibility index (Phi) is 3.43. The molecule has 1 amide bonds. The van der Waals surface area contributed by atoms with E-state index in [0.717, 1.165) is 49.0 Å².